The first-order chi connectivity index (χ1) is 9.96. The van der Waals surface area contributed by atoms with Crippen molar-refractivity contribution in [2.75, 3.05) is 36.1 Å². The van der Waals surface area contributed by atoms with Gasteiger partial charge in [-0.3, -0.25) is 4.79 Å². The van der Waals surface area contributed by atoms with Gasteiger partial charge < -0.3 is 10.2 Å². The summed E-state index contributed by atoms with van der Waals surface area (Å²) in [6.45, 7) is 2.11. The van der Waals surface area contributed by atoms with Gasteiger partial charge in [0.15, 0.2) is 0 Å². The van der Waals surface area contributed by atoms with E-state index in [0.29, 0.717) is 0 Å². The molecule has 21 heavy (non-hydrogen) atoms. The normalized spacial score (nSPS) is 15.2. The highest BCUT2D eigenvalue weighted by molar-refractivity contribution is 7.88. The molecule has 1 amide bonds. The molecule has 1 heterocycles. The first-order valence-corrected chi connectivity index (χ1v) is 8.93. The topological polar surface area (TPSA) is 78.5 Å². The molecule has 0 bridgehead atoms. The van der Waals surface area contributed by atoms with Crippen molar-refractivity contribution >= 4 is 27.3 Å². The quantitative estimate of drug-likeness (QED) is 0.826. The third-order valence-electron chi connectivity index (χ3n) is 3.34. The van der Waals surface area contributed by atoms with Crippen LogP contribution < -0.4 is 14.9 Å². The highest BCUT2D eigenvalue weighted by atomic mass is 32.2. The largest absolute Gasteiger partial charge is 0.370 e. The van der Waals surface area contributed by atoms with E-state index in [1.165, 1.54) is 12.8 Å². The van der Waals surface area contributed by atoms with Crippen molar-refractivity contribution in [3.63, 3.8) is 0 Å². The fourth-order valence-corrected chi connectivity index (χ4v) is 2.85. The highest BCUT2D eigenvalue weighted by Gasteiger charge is 2.16. The third-order valence-corrected chi connectivity index (χ3v) is 4.07. The Kier molecular flexibility index (Phi) is 5.19. The predicted octanol–water partition coefficient (Wildman–Crippen LogP) is 1.16. The van der Waals surface area contributed by atoms with Gasteiger partial charge >= 0.3 is 0 Å². The molecule has 1 aliphatic rings. The summed E-state index contributed by atoms with van der Waals surface area (Å²) in [7, 11) is -3.25. The summed E-state index contributed by atoms with van der Waals surface area (Å²) in [5, 5.41) is 2.86. The Labute approximate surface area is 125 Å². The minimum absolute atomic E-state index is 0.108. The first-order valence-electron chi connectivity index (χ1n) is 7.04. The van der Waals surface area contributed by atoms with Crippen molar-refractivity contribution in [3.8, 4) is 0 Å². The van der Waals surface area contributed by atoms with Crippen LogP contribution in [0.2, 0.25) is 0 Å². The molecule has 1 saturated heterocycles. The molecule has 116 valence electrons. The van der Waals surface area contributed by atoms with Crippen molar-refractivity contribution in [2.24, 2.45) is 0 Å². The van der Waals surface area contributed by atoms with Crippen LogP contribution >= 0.6 is 0 Å². The number of amides is 1. The number of anilines is 2. The summed E-state index contributed by atoms with van der Waals surface area (Å²) in [6.07, 6.45) is 3.52. The monoisotopic (exact) mass is 311 g/mol. The zero-order valence-electron chi connectivity index (χ0n) is 12.1. The highest BCUT2D eigenvalue weighted by Crippen LogP contribution is 2.28. The lowest BCUT2D eigenvalue weighted by atomic mass is 10.2. The van der Waals surface area contributed by atoms with Gasteiger partial charge in [-0.2, -0.15) is 0 Å². The van der Waals surface area contributed by atoms with Gasteiger partial charge in [-0.25, -0.2) is 13.1 Å². The Balaban J connectivity index is 1.94. The zero-order chi connectivity index (χ0) is 15.3. The molecule has 2 N–H and O–H groups in total. The van der Waals surface area contributed by atoms with Crippen LogP contribution in [0.15, 0.2) is 24.3 Å². The van der Waals surface area contributed by atoms with Crippen LogP contribution in [0.3, 0.4) is 0 Å². The predicted molar refractivity (Wildman–Crippen MR) is 84.0 cm³/mol. The summed E-state index contributed by atoms with van der Waals surface area (Å²) in [6, 6.07) is 7.70. The summed E-state index contributed by atoms with van der Waals surface area (Å²) < 4.78 is 24.2. The van der Waals surface area contributed by atoms with E-state index >= 15 is 0 Å². The van der Waals surface area contributed by atoms with Crippen LogP contribution in [0.4, 0.5) is 11.4 Å². The van der Waals surface area contributed by atoms with E-state index in [1.807, 2.05) is 24.3 Å². The number of nitrogens with one attached hydrogen (secondary N) is 2. The Hall–Kier alpha value is -1.60. The number of hydrogen-bond donors (Lipinski definition) is 2. The first kappa shape index (κ1) is 15.8. The Morgan fingerprint density at radius 3 is 2.57 bits per heavy atom. The number of carbonyl (C=O) groups excluding carboxylic acids is 1. The van der Waals surface area contributed by atoms with Gasteiger partial charge in [0.05, 0.1) is 17.6 Å². The van der Waals surface area contributed by atoms with Gasteiger partial charge in [-0.05, 0) is 25.0 Å². The average molecular weight is 311 g/mol. The van der Waals surface area contributed by atoms with Gasteiger partial charge in [0.1, 0.15) is 0 Å². The number of carbonyl (C=O) groups is 1. The number of nitrogens with zero attached hydrogens (tertiary/aromatic N) is 1. The average Bonchev–Trinajstić information content (AvgIpc) is 2.91. The molecular weight excluding hydrogens is 290 g/mol. The van der Waals surface area contributed by atoms with Crippen LogP contribution in [0.25, 0.3) is 0 Å². The minimum atomic E-state index is -3.25. The number of para-hydroxylation sites is 2. The van der Waals surface area contributed by atoms with Crippen molar-refractivity contribution in [1.29, 1.82) is 0 Å². The van der Waals surface area contributed by atoms with Gasteiger partial charge in [-0.15, -0.1) is 0 Å². The van der Waals surface area contributed by atoms with Crippen LogP contribution in [0, 0.1) is 0 Å². The van der Waals surface area contributed by atoms with Crippen LogP contribution in [-0.4, -0.2) is 40.2 Å². The summed E-state index contributed by atoms with van der Waals surface area (Å²) in [5.74, 6) is -0.196. The molecular formula is C14H21N3O3S. The summed E-state index contributed by atoms with van der Waals surface area (Å²) in [4.78, 5) is 14.2. The van der Waals surface area contributed by atoms with E-state index < -0.39 is 10.0 Å². The van der Waals surface area contributed by atoms with Crippen molar-refractivity contribution in [2.45, 2.75) is 19.3 Å². The molecule has 0 atom stereocenters. The molecule has 1 aromatic rings. The minimum Gasteiger partial charge on any atom is -0.370 e. The molecule has 0 spiro atoms. The van der Waals surface area contributed by atoms with Crippen LogP contribution in [-0.2, 0) is 14.8 Å². The molecule has 7 heteroatoms. The molecule has 0 radical (unpaired) electrons. The van der Waals surface area contributed by atoms with E-state index in [0.717, 1.165) is 30.7 Å². The van der Waals surface area contributed by atoms with E-state index in [9.17, 15) is 13.2 Å². The number of sulfonamides is 1. The number of rotatable bonds is 6. The zero-order valence-corrected chi connectivity index (χ0v) is 12.9. The lowest BCUT2D eigenvalue weighted by molar-refractivity contribution is -0.116. The Morgan fingerprint density at radius 1 is 1.24 bits per heavy atom. The van der Waals surface area contributed by atoms with E-state index in [4.69, 9.17) is 0 Å². The van der Waals surface area contributed by atoms with E-state index in [1.54, 1.807) is 0 Å². The molecule has 0 aliphatic carbocycles. The van der Waals surface area contributed by atoms with Crippen molar-refractivity contribution in [3.05, 3.63) is 24.3 Å². The third kappa shape index (κ3) is 5.02. The lowest BCUT2D eigenvalue weighted by Gasteiger charge is -2.21. The maximum absolute atomic E-state index is 11.9. The number of hydrogen-bond acceptors (Lipinski definition) is 4. The molecule has 6 nitrogen and oxygen atoms in total. The molecule has 1 aromatic carbocycles. The van der Waals surface area contributed by atoms with Gasteiger partial charge in [0.25, 0.3) is 0 Å². The second-order valence-corrected chi connectivity index (χ2v) is 7.01. The smallest absolute Gasteiger partial charge is 0.225 e. The summed E-state index contributed by atoms with van der Waals surface area (Å²) in [5.41, 5.74) is 1.81. The van der Waals surface area contributed by atoms with Crippen LogP contribution in [0.5, 0.6) is 0 Å². The molecule has 1 fully saturated rings. The number of benzene rings is 1. The van der Waals surface area contributed by atoms with E-state index in [2.05, 4.69) is 14.9 Å². The van der Waals surface area contributed by atoms with Crippen molar-refractivity contribution < 1.29 is 13.2 Å². The van der Waals surface area contributed by atoms with Crippen molar-refractivity contribution in [1.82, 2.24) is 4.72 Å². The lowest BCUT2D eigenvalue weighted by Crippen LogP contribution is -2.27. The fraction of sp³-hybridized carbons (Fsp3) is 0.500. The van der Waals surface area contributed by atoms with Gasteiger partial charge in [0, 0.05) is 26.1 Å². The molecule has 1 aliphatic heterocycles. The fourth-order valence-electron chi connectivity index (χ4n) is 2.38. The molecule has 0 saturated carbocycles. The molecule has 0 aromatic heterocycles. The van der Waals surface area contributed by atoms with Gasteiger partial charge in [0.2, 0.25) is 15.9 Å². The Bertz CT molecular complexity index is 595. The Morgan fingerprint density at radius 2 is 1.90 bits per heavy atom. The second-order valence-electron chi connectivity index (χ2n) is 5.18. The van der Waals surface area contributed by atoms with Gasteiger partial charge in [-0.1, -0.05) is 12.1 Å². The summed E-state index contributed by atoms with van der Waals surface area (Å²) >= 11 is 0. The van der Waals surface area contributed by atoms with E-state index in [-0.39, 0.29) is 18.9 Å². The second kappa shape index (κ2) is 6.91. The maximum atomic E-state index is 11.9. The molecule has 2 rings (SSSR count). The maximum Gasteiger partial charge on any atom is 0.225 e. The van der Waals surface area contributed by atoms with Crippen LogP contribution in [0.1, 0.15) is 19.3 Å². The molecule has 0 unspecified atom stereocenters. The SMILES string of the molecule is CS(=O)(=O)NCCC(=O)Nc1ccccc1N1CCCC1. The standard InChI is InChI=1S/C14H21N3O3S/c1-21(19,20)15-9-8-14(18)16-12-6-2-3-7-13(12)17-10-4-5-11-17/h2-3,6-7,15H,4-5,8-11H2,1H3,(H,16,18).